The van der Waals surface area contributed by atoms with Crippen LogP contribution in [-0.4, -0.2) is 136 Å². The van der Waals surface area contributed by atoms with Crippen molar-refractivity contribution < 1.29 is 91.9 Å². The molecular formula is C36H38F12N10O8. The highest BCUT2D eigenvalue weighted by molar-refractivity contribution is 5.90. The number of nitrogens with zero attached hydrogens (tertiary/aromatic N) is 8. The average molecular weight is 967 g/mol. The van der Waals surface area contributed by atoms with Crippen molar-refractivity contribution in [1.82, 2.24) is 44.9 Å². The number of carboxylic acid groups (broad SMARTS) is 3. The van der Waals surface area contributed by atoms with Crippen LogP contribution < -0.4 is 10.1 Å². The molecule has 364 valence electrons. The van der Waals surface area contributed by atoms with E-state index in [2.05, 4.69) is 46.3 Å². The maximum atomic E-state index is 13.5. The number of likely N-dealkylation sites (tertiary alicyclic amines) is 1. The Morgan fingerprint density at radius 3 is 1.98 bits per heavy atom. The molecule has 0 radical (unpaired) electrons. The Hall–Kier alpha value is -6.35. The van der Waals surface area contributed by atoms with Gasteiger partial charge >= 0.3 is 42.6 Å². The summed E-state index contributed by atoms with van der Waals surface area (Å²) in [5, 5.41) is 39.7. The van der Waals surface area contributed by atoms with Gasteiger partial charge in [0.25, 0.3) is 0 Å². The lowest BCUT2D eigenvalue weighted by atomic mass is 9.82. The number of alkyl halides is 12. The number of halogens is 12. The van der Waals surface area contributed by atoms with Crippen molar-refractivity contribution in [3.05, 3.63) is 48.6 Å². The molecule has 66 heavy (non-hydrogen) atoms. The van der Waals surface area contributed by atoms with Gasteiger partial charge in [0.15, 0.2) is 0 Å². The van der Waals surface area contributed by atoms with Crippen molar-refractivity contribution >= 4 is 28.9 Å². The molecule has 4 aromatic rings. The normalized spacial score (nSPS) is 17.8. The highest BCUT2D eigenvalue weighted by Gasteiger charge is 2.48. The predicted molar refractivity (Wildman–Crippen MR) is 198 cm³/mol. The molecule has 6 rings (SSSR count). The molecule has 1 saturated heterocycles. The van der Waals surface area contributed by atoms with Crippen molar-refractivity contribution in [3.8, 4) is 23.2 Å². The van der Waals surface area contributed by atoms with Crippen LogP contribution in [0.5, 0.6) is 5.88 Å². The molecular weight excluding hydrogens is 928 g/mol. The zero-order chi connectivity index (χ0) is 49.8. The maximum absolute atomic E-state index is 13.5. The Kier molecular flexibility index (Phi) is 18.2. The Labute approximate surface area is 363 Å². The Balaban J connectivity index is 0.000000457. The number of hydrogen-bond donors (Lipinski definition) is 5. The van der Waals surface area contributed by atoms with Gasteiger partial charge in [0.1, 0.15) is 23.6 Å². The van der Waals surface area contributed by atoms with E-state index >= 15 is 0 Å². The molecule has 1 aliphatic heterocycles. The zero-order valence-corrected chi connectivity index (χ0v) is 34.1. The van der Waals surface area contributed by atoms with E-state index in [1.165, 1.54) is 12.4 Å². The number of aliphatic carboxylic acids is 3. The Bertz CT molecular complexity index is 2220. The lowest BCUT2D eigenvalue weighted by molar-refractivity contribution is -0.193. The summed E-state index contributed by atoms with van der Waals surface area (Å²) in [5.74, 6) is -9.55. The molecule has 4 aromatic heterocycles. The largest absolute Gasteiger partial charge is 0.490 e. The average Bonchev–Trinajstić information content (AvgIpc) is 3.89. The molecule has 0 aromatic carbocycles. The van der Waals surface area contributed by atoms with Crippen LogP contribution in [0, 0.1) is 11.3 Å². The molecule has 18 nitrogen and oxygen atoms in total. The van der Waals surface area contributed by atoms with E-state index in [1.807, 2.05) is 30.1 Å². The lowest BCUT2D eigenvalue weighted by Crippen LogP contribution is -2.65. The number of methoxy groups -OCH3 is 1. The van der Waals surface area contributed by atoms with E-state index in [9.17, 15) is 57.9 Å². The quantitative estimate of drug-likeness (QED) is 0.109. The number of hydrogen-bond acceptors (Lipinski definition) is 13. The number of H-pyrrole nitrogens is 1. The minimum atomic E-state index is -5.08. The molecule has 0 bridgehead atoms. The van der Waals surface area contributed by atoms with Crippen molar-refractivity contribution in [1.29, 1.82) is 5.26 Å². The highest BCUT2D eigenvalue weighted by atomic mass is 19.4. The van der Waals surface area contributed by atoms with Gasteiger partial charge in [-0.1, -0.05) is 0 Å². The van der Waals surface area contributed by atoms with Gasteiger partial charge in [0.2, 0.25) is 11.7 Å². The van der Waals surface area contributed by atoms with E-state index in [0.29, 0.717) is 39.0 Å². The van der Waals surface area contributed by atoms with Crippen LogP contribution in [0.2, 0.25) is 0 Å². The number of nitrogens with one attached hydrogen (secondary N) is 2. The Morgan fingerprint density at radius 1 is 0.924 bits per heavy atom. The third-order valence-corrected chi connectivity index (χ3v) is 9.33. The number of fused-ring (bicyclic) bond motifs is 1. The van der Waals surface area contributed by atoms with Crippen LogP contribution in [0.15, 0.2) is 37.1 Å². The third kappa shape index (κ3) is 15.7. The van der Waals surface area contributed by atoms with Gasteiger partial charge in [0, 0.05) is 68.2 Å². The molecule has 30 heteroatoms. The van der Waals surface area contributed by atoms with Crippen LogP contribution in [-0.2, 0) is 37.4 Å². The fraction of sp³-hybridized carbons (Fsp3) is 0.528. The molecule has 1 unspecified atom stereocenters. The van der Waals surface area contributed by atoms with Crippen molar-refractivity contribution in [2.24, 2.45) is 0 Å². The fourth-order valence-electron chi connectivity index (χ4n) is 6.30. The molecule has 1 atom stereocenters. The third-order valence-electron chi connectivity index (χ3n) is 9.33. The summed E-state index contributed by atoms with van der Waals surface area (Å²) < 4.78 is 149. The van der Waals surface area contributed by atoms with Crippen molar-refractivity contribution in [2.75, 3.05) is 26.8 Å². The van der Waals surface area contributed by atoms with Gasteiger partial charge in [-0.25, -0.2) is 29.3 Å². The second kappa shape index (κ2) is 22.2. The first-order valence-corrected chi connectivity index (χ1v) is 18.7. The first-order chi connectivity index (χ1) is 30.5. The molecule has 0 spiro atoms. The number of aromatic nitrogens is 7. The molecule has 0 amide bonds. The van der Waals surface area contributed by atoms with Crippen molar-refractivity contribution in [3.63, 3.8) is 0 Å². The maximum Gasteiger partial charge on any atom is 0.490 e. The summed E-state index contributed by atoms with van der Waals surface area (Å²) in [6.07, 6.45) is -9.78. The molecule has 1 aliphatic carbocycles. The minimum Gasteiger partial charge on any atom is -0.475 e. The van der Waals surface area contributed by atoms with Gasteiger partial charge in [0.05, 0.1) is 36.7 Å². The van der Waals surface area contributed by atoms with E-state index in [4.69, 9.17) is 39.2 Å². The zero-order valence-electron chi connectivity index (χ0n) is 34.1. The van der Waals surface area contributed by atoms with Gasteiger partial charge in [-0.3, -0.25) is 9.58 Å². The fourth-order valence-corrected chi connectivity index (χ4v) is 6.30. The summed E-state index contributed by atoms with van der Waals surface area (Å²) >= 11 is 0. The minimum absolute atomic E-state index is 0.0586. The first kappa shape index (κ1) is 54.0. The molecule has 5 heterocycles. The number of nitriles is 1. The van der Waals surface area contributed by atoms with Crippen LogP contribution in [0.3, 0.4) is 0 Å². The van der Waals surface area contributed by atoms with Gasteiger partial charge < -0.3 is 35.1 Å². The summed E-state index contributed by atoms with van der Waals surface area (Å²) in [5.41, 5.74) is 2.16. The number of carboxylic acids is 3. The molecule has 2 aliphatic rings. The number of carbonyl (C=O) groups is 3. The van der Waals surface area contributed by atoms with E-state index in [-0.39, 0.29) is 36.3 Å². The molecule has 5 N–H and O–H groups in total. The van der Waals surface area contributed by atoms with Crippen molar-refractivity contribution in [2.45, 2.75) is 94.0 Å². The molecule has 1 saturated carbocycles. The SMILES string of the molecule is COCC(C)NCc1cc(OC2CCC(N3CC(CC#N)(n4cc(-c5ncnc6[nH]ccc56)cn4)C3)CC2)nc(C(F)(F)F)n1.O=C(O)C(F)(F)F.O=C(O)C(F)(F)F.O=C(O)C(F)(F)F. The van der Waals surface area contributed by atoms with E-state index in [1.54, 1.807) is 13.3 Å². The van der Waals surface area contributed by atoms with Gasteiger partial charge in [-0.2, -0.15) is 68.0 Å². The number of ether oxygens (including phenoxy) is 2. The standard InChI is InChI=1S/C30H35F3N10O2.3C2HF3O2/c1-19(15-44-2)36-13-21-11-25(41-28(40-21)30(31,32)33)45-23-5-3-22(4-6-23)42-16-29(17-42,8-9-34)43-14-20(12-39-43)26-24-7-10-35-27(24)38-18-37-26;3*3-2(4,5)1(6)7/h7,10-12,14,18-19,22-23,36H,3-6,8,13,15-17H2,1-2H3,(H,35,37,38);3*(H,6,7). The van der Waals surface area contributed by atoms with Gasteiger partial charge in [-0.15, -0.1) is 0 Å². The van der Waals surface area contributed by atoms with Crippen LogP contribution in [0.25, 0.3) is 22.3 Å². The summed E-state index contributed by atoms with van der Waals surface area (Å²) in [6.45, 7) is 3.79. The number of rotatable bonds is 11. The number of aromatic amines is 1. The second-order valence-electron chi connectivity index (χ2n) is 14.3. The second-order valence-corrected chi connectivity index (χ2v) is 14.3. The van der Waals surface area contributed by atoms with Crippen LogP contribution in [0.4, 0.5) is 52.7 Å². The first-order valence-electron chi connectivity index (χ1n) is 18.7. The Morgan fingerprint density at radius 2 is 1.48 bits per heavy atom. The van der Waals surface area contributed by atoms with Gasteiger partial charge in [-0.05, 0) is 38.7 Å². The summed E-state index contributed by atoms with van der Waals surface area (Å²) in [4.78, 5) is 48.2. The lowest BCUT2D eigenvalue weighted by Gasteiger charge is -2.53. The van der Waals surface area contributed by atoms with Crippen LogP contribution in [0.1, 0.15) is 50.5 Å². The summed E-state index contributed by atoms with van der Waals surface area (Å²) in [7, 11) is 1.56. The van der Waals surface area contributed by atoms with E-state index in [0.717, 1.165) is 35.1 Å². The van der Waals surface area contributed by atoms with E-state index < -0.39 is 54.0 Å². The monoisotopic (exact) mass is 966 g/mol. The summed E-state index contributed by atoms with van der Waals surface area (Å²) in [6, 6.07) is 5.97. The smallest absolute Gasteiger partial charge is 0.475 e. The highest BCUT2D eigenvalue weighted by Crippen LogP contribution is 2.39. The van der Waals surface area contributed by atoms with Crippen LogP contribution >= 0.6 is 0 Å². The molecule has 2 fully saturated rings. The predicted octanol–water partition coefficient (Wildman–Crippen LogP) is 5.97. The topological polar surface area (TPSA) is 255 Å².